The van der Waals surface area contributed by atoms with Gasteiger partial charge in [-0.2, -0.15) is 0 Å². The number of aryl methyl sites for hydroxylation is 1. The van der Waals surface area contributed by atoms with Crippen LogP contribution in [0.1, 0.15) is 19.4 Å². The average Bonchev–Trinajstić information content (AvgIpc) is 2.35. The maximum Gasteiger partial charge on any atom is 0.336 e. The molecule has 0 saturated carbocycles. The second kappa shape index (κ2) is 6.05. The van der Waals surface area contributed by atoms with Gasteiger partial charge in [-0.25, -0.2) is 4.79 Å². The van der Waals surface area contributed by atoms with E-state index >= 15 is 0 Å². The van der Waals surface area contributed by atoms with Crippen LogP contribution in [-0.2, 0) is 0 Å². The Labute approximate surface area is 123 Å². The van der Waals surface area contributed by atoms with Crippen LogP contribution in [0.2, 0.25) is 0 Å². The van der Waals surface area contributed by atoms with E-state index < -0.39 is 0 Å². The van der Waals surface area contributed by atoms with Gasteiger partial charge in [-0.05, 0) is 42.8 Å². The number of rotatable bonds is 3. The fourth-order valence-electron chi connectivity index (χ4n) is 1.87. The average molecular weight is 290 g/mol. The lowest BCUT2D eigenvalue weighted by Gasteiger charge is -2.12. The molecule has 0 saturated heterocycles. The smallest absolute Gasteiger partial charge is 0.336 e. The standard InChI is InChI=1S/C15H18N2O2S/c1-9(2)8-16-15(20)17-11-4-5-12-10(3)6-14(18)19-13(12)7-11/h4-7,9H,8H2,1-3H3,(H2,16,17,20). The molecule has 0 bridgehead atoms. The van der Waals surface area contributed by atoms with Gasteiger partial charge in [-0.15, -0.1) is 0 Å². The molecule has 2 N–H and O–H groups in total. The predicted octanol–water partition coefficient (Wildman–Crippen LogP) is 3.04. The normalized spacial score (nSPS) is 10.8. The van der Waals surface area contributed by atoms with E-state index in [1.54, 1.807) is 6.07 Å². The molecule has 0 radical (unpaired) electrons. The fraction of sp³-hybridized carbons (Fsp3) is 0.333. The maximum atomic E-state index is 11.4. The highest BCUT2D eigenvalue weighted by atomic mass is 32.1. The summed E-state index contributed by atoms with van der Waals surface area (Å²) in [5, 5.41) is 7.71. The summed E-state index contributed by atoms with van der Waals surface area (Å²) in [6, 6.07) is 7.11. The van der Waals surface area contributed by atoms with Gasteiger partial charge in [0.25, 0.3) is 0 Å². The van der Waals surface area contributed by atoms with Gasteiger partial charge in [0, 0.05) is 29.8 Å². The topological polar surface area (TPSA) is 54.3 Å². The molecule has 0 atom stereocenters. The number of thiocarbonyl (C=S) groups is 1. The molecule has 0 unspecified atom stereocenters. The molecular weight excluding hydrogens is 272 g/mol. The minimum atomic E-state index is -0.340. The van der Waals surface area contributed by atoms with Gasteiger partial charge < -0.3 is 15.1 Å². The summed E-state index contributed by atoms with van der Waals surface area (Å²) >= 11 is 5.21. The second-order valence-corrected chi connectivity index (χ2v) is 5.60. The molecule has 2 aromatic rings. The molecule has 1 aromatic carbocycles. The van der Waals surface area contributed by atoms with Crippen LogP contribution in [0.5, 0.6) is 0 Å². The summed E-state index contributed by atoms with van der Waals surface area (Å²) in [5.74, 6) is 0.520. The zero-order chi connectivity index (χ0) is 14.7. The Hall–Kier alpha value is -1.88. The molecule has 2 rings (SSSR count). The number of hydrogen-bond acceptors (Lipinski definition) is 3. The Bertz CT molecular complexity index is 692. The lowest BCUT2D eigenvalue weighted by atomic mass is 10.1. The van der Waals surface area contributed by atoms with Crippen molar-refractivity contribution in [3.05, 3.63) is 40.2 Å². The van der Waals surface area contributed by atoms with E-state index in [0.717, 1.165) is 23.2 Å². The second-order valence-electron chi connectivity index (χ2n) is 5.19. The van der Waals surface area contributed by atoms with E-state index in [1.165, 1.54) is 6.07 Å². The van der Waals surface area contributed by atoms with E-state index in [9.17, 15) is 4.79 Å². The maximum absolute atomic E-state index is 11.4. The zero-order valence-electron chi connectivity index (χ0n) is 11.8. The summed E-state index contributed by atoms with van der Waals surface area (Å²) in [4.78, 5) is 11.4. The summed E-state index contributed by atoms with van der Waals surface area (Å²) in [7, 11) is 0. The van der Waals surface area contributed by atoms with E-state index in [4.69, 9.17) is 16.6 Å². The third kappa shape index (κ3) is 3.57. The van der Waals surface area contributed by atoms with Gasteiger partial charge in [0.2, 0.25) is 0 Å². The Morgan fingerprint density at radius 3 is 2.80 bits per heavy atom. The van der Waals surface area contributed by atoms with Gasteiger partial charge >= 0.3 is 5.63 Å². The van der Waals surface area contributed by atoms with Crippen molar-refractivity contribution < 1.29 is 4.42 Å². The van der Waals surface area contributed by atoms with E-state index in [1.807, 2.05) is 19.1 Å². The highest BCUT2D eigenvalue weighted by molar-refractivity contribution is 7.80. The van der Waals surface area contributed by atoms with Crippen molar-refractivity contribution in [1.82, 2.24) is 5.32 Å². The fourth-order valence-corrected chi connectivity index (χ4v) is 2.08. The molecule has 20 heavy (non-hydrogen) atoms. The molecule has 0 spiro atoms. The van der Waals surface area contributed by atoms with Crippen LogP contribution in [-0.4, -0.2) is 11.7 Å². The largest absolute Gasteiger partial charge is 0.423 e. The molecule has 5 heteroatoms. The SMILES string of the molecule is Cc1cc(=O)oc2cc(NC(=S)NCC(C)C)ccc12. The van der Waals surface area contributed by atoms with Crippen molar-refractivity contribution in [2.24, 2.45) is 5.92 Å². The van der Waals surface area contributed by atoms with Gasteiger partial charge in [0.05, 0.1) is 0 Å². The molecular formula is C15H18N2O2S. The van der Waals surface area contributed by atoms with Crippen molar-refractivity contribution in [3.63, 3.8) is 0 Å². The minimum absolute atomic E-state index is 0.340. The first-order valence-corrected chi connectivity index (χ1v) is 6.96. The number of benzene rings is 1. The molecule has 0 fully saturated rings. The first-order chi connectivity index (χ1) is 9.45. The van der Waals surface area contributed by atoms with Crippen LogP contribution in [0, 0.1) is 12.8 Å². The number of fused-ring (bicyclic) bond motifs is 1. The highest BCUT2D eigenvalue weighted by Gasteiger charge is 2.04. The predicted molar refractivity (Wildman–Crippen MR) is 86.3 cm³/mol. The van der Waals surface area contributed by atoms with Crippen LogP contribution in [0.25, 0.3) is 11.0 Å². The van der Waals surface area contributed by atoms with E-state index in [-0.39, 0.29) is 5.63 Å². The van der Waals surface area contributed by atoms with E-state index in [2.05, 4.69) is 24.5 Å². The van der Waals surface area contributed by atoms with E-state index in [0.29, 0.717) is 16.6 Å². The summed E-state index contributed by atoms with van der Waals surface area (Å²) in [6.45, 7) is 6.93. The minimum Gasteiger partial charge on any atom is -0.423 e. The van der Waals surface area contributed by atoms with Gasteiger partial charge in [0.1, 0.15) is 5.58 Å². The summed E-state index contributed by atoms with van der Waals surface area (Å²) in [5.41, 5.74) is 1.93. The van der Waals surface area contributed by atoms with Crippen molar-refractivity contribution >= 4 is 34.0 Å². The van der Waals surface area contributed by atoms with Crippen molar-refractivity contribution in [1.29, 1.82) is 0 Å². The monoisotopic (exact) mass is 290 g/mol. The van der Waals surface area contributed by atoms with Crippen molar-refractivity contribution in [3.8, 4) is 0 Å². The third-order valence-electron chi connectivity index (χ3n) is 2.88. The molecule has 0 aliphatic carbocycles. The van der Waals surface area contributed by atoms with Crippen LogP contribution in [0.3, 0.4) is 0 Å². The lowest BCUT2D eigenvalue weighted by Crippen LogP contribution is -2.31. The van der Waals surface area contributed by atoms with Crippen LogP contribution in [0.4, 0.5) is 5.69 Å². The molecule has 1 aromatic heterocycles. The summed E-state index contributed by atoms with van der Waals surface area (Å²) < 4.78 is 5.20. The molecule has 1 heterocycles. The Morgan fingerprint density at radius 1 is 1.35 bits per heavy atom. The Balaban J connectivity index is 2.20. The lowest BCUT2D eigenvalue weighted by molar-refractivity contribution is 0.560. The van der Waals surface area contributed by atoms with Crippen LogP contribution >= 0.6 is 12.2 Å². The molecule has 0 aliphatic heterocycles. The summed E-state index contributed by atoms with van der Waals surface area (Å²) in [6.07, 6.45) is 0. The highest BCUT2D eigenvalue weighted by Crippen LogP contribution is 2.20. The Morgan fingerprint density at radius 2 is 2.10 bits per heavy atom. The van der Waals surface area contributed by atoms with Crippen molar-refractivity contribution in [2.45, 2.75) is 20.8 Å². The number of anilines is 1. The first-order valence-electron chi connectivity index (χ1n) is 6.55. The number of hydrogen-bond donors (Lipinski definition) is 2. The zero-order valence-corrected chi connectivity index (χ0v) is 12.6. The molecule has 0 aliphatic rings. The Kier molecular flexibility index (Phi) is 4.39. The number of nitrogens with one attached hydrogen (secondary N) is 2. The van der Waals surface area contributed by atoms with Crippen LogP contribution in [0.15, 0.2) is 33.5 Å². The molecule has 4 nitrogen and oxygen atoms in total. The van der Waals surface area contributed by atoms with Crippen LogP contribution < -0.4 is 16.3 Å². The van der Waals surface area contributed by atoms with Gasteiger partial charge in [0.15, 0.2) is 5.11 Å². The van der Waals surface area contributed by atoms with Gasteiger partial charge in [-0.3, -0.25) is 0 Å². The molecule has 0 amide bonds. The van der Waals surface area contributed by atoms with Gasteiger partial charge in [-0.1, -0.05) is 13.8 Å². The quantitative estimate of drug-likeness (QED) is 0.672. The van der Waals surface area contributed by atoms with Crippen molar-refractivity contribution in [2.75, 3.05) is 11.9 Å². The first kappa shape index (κ1) is 14.5. The molecule has 106 valence electrons. The third-order valence-corrected chi connectivity index (χ3v) is 3.13.